The number of nitriles is 1. The lowest BCUT2D eigenvalue weighted by molar-refractivity contribution is -0.117. The van der Waals surface area contributed by atoms with E-state index in [2.05, 4.69) is 27.3 Å². The maximum atomic E-state index is 11.8. The Morgan fingerprint density at radius 3 is 2.88 bits per heavy atom. The fourth-order valence-electron chi connectivity index (χ4n) is 1.93. The highest BCUT2D eigenvalue weighted by Crippen LogP contribution is 2.32. The fourth-order valence-corrected chi connectivity index (χ4v) is 2.50. The van der Waals surface area contributed by atoms with E-state index >= 15 is 0 Å². The topological polar surface area (TPSA) is 56.1 Å². The maximum absolute atomic E-state index is 11.8. The Hall–Kier alpha value is -1.54. The van der Waals surface area contributed by atoms with Crippen molar-refractivity contribution in [1.29, 1.82) is 5.26 Å². The second kappa shape index (κ2) is 4.76. The van der Waals surface area contributed by atoms with Crippen molar-refractivity contribution in [3.63, 3.8) is 0 Å². The van der Waals surface area contributed by atoms with Gasteiger partial charge in [-0.2, -0.15) is 5.26 Å². The molecular formula is C12H12BrN3O. The molecule has 1 aliphatic heterocycles. The highest BCUT2D eigenvalue weighted by atomic mass is 79.9. The summed E-state index contributed by atoms with van der Waals surface area (Å²) in [7, 11) is 1.80. The minimum Gasteiger partial charge on any atom is -0.386 e. The summed E-state index contributed by atoms with van der Waals surface area (Å²) in [5.74, 6) is 0.0819. The molecule has 1 fully saturated rings. The molecule has 1 heterocycles. The van der Waals surface area contributed by atoms with Gasteiger partial charge in [-0.25, -0.2) is 0 Å². The zero-order valence-corrected chi connectivity index (χ0v) is 11.0. The number of carbonyl (C=O) groups is 1. The molecule has 0 radical (unpaired) electrons. The predicted octanol–water partition coefficient (Wildman–Crippen LogP) is 2.10. The Morgan fingerprint density at radius 1 is 1.59 bits per heavy atom. The van der Waals surface area contributed by atoms with Gasteiger partial charge < -0.3 is 10.2 Å². The first-order valence-electron chi connectivity index (χ1n) is 5.32. The van der Waals surface area contributed by atoms with Crippen LogP contribution in [0.4, 0.5) is 11.4 Å². The van der Waals surface area contributed by atoms with Crippen molar-refractivity contribution in [2.24, 2.45) is 0 Å². The number of hydrogen-bond acceptors (Lipinski definition) is 3. The molecular weight excluding hydrogens is 282 g/mol. The van der Waals surface area contributed by atoms with Crippen molar-refractivity contribution < 1.29 is 4.79 Å². The monoisotopic (exact) mass is 293 g/mol. The quantitative estimate of drug-likeness (QED) is 0.850. The molecule has 88 valence electrons. The third-order valence-electron chi connectivity index (χ3n) is 2.76. The van der Waals surface area contributed by atoms with E-state index in [1.165, 1.54) is 0 Å². The molecule has 1 aliphatic rings. The minimum atomic E-state index is 0.0819. The van der Waals surface area contributed by atoms with Crippen LogP contribution in [0.25, 0.3) is 0 Å². The molecule has 0 bridgehead atoms. The van der Waals surface area contributed by atoms with Crippen molar-refractivity contribution in [3.8, 4) is 6.07 Å². The molecule has 5 heteroatoms. The van der Waals surface area contributed by atoms with Crippen molar-refractivity contribution in [3.05, 3.63) is 23.8 Å². The smallest absolute Gasteiger partial charge is 0.228 e. The van der Waals surface area contributed by atoms with Gasteiger partial charge in [0.05, 0.1) is 23.0 Å². The van der Waals surface area contributed by atoms with E-state index in [0.717, 1.165) is 11.4 Å². The van der Waals surface area contributed by atoms with Gasteiger partial charge in [-0.15, -0.1) is 0 Å². The largest absolute Gasteiger partial charge is 0.386 e. The molecule has 0 spiro atoms. The first-order chi connectivity index (χ1) is 8.15. The van der Waals surface area contributed by atoms with Gasteiger partial charge in [-0.05, 0) is 18.2 Å². The van der Waals surface area contributed by atoms with Gasteiger partial charge in [0, 0.05) is 24.8 Å². The van der Waals surface area contributed by atoms with Crippen molar-refractivity contribution in [2.45, 2.75) is 11.2 Å². The Kier molecular flexibility index (Phi) is 3.34. The predicted molar refractivity (Wildman–Crippen MR) is 70.4 cm³/mol. The summed E-state index contributed by atoms with van der Waals surface area (Å²) in [4.78, 5) is 13.7. The van der Waals surface area contributed by atoms with E-state index in [4.69, 9.17) is 5.26 Å². The summed E-state index contributed by atoms with van der Waals surface area (Å²) in [5.41, 5.74) is 2.20. The van der Waals surface area contributed by atoms with E-state index in [9.17, 15) is 4.79 Å². The molecule has 0 aromatic heterocycles. The summed E-state index contributed by atoms with van der Waals surface area (Å²) in [6, 6.07) is 7.40. The molecule has 1 N–H and O–H groups in total. The van der Waals surface area contributed by atoms with E-state index in [1.807, 2.05) is 6.07 Å². The second-order valence-electron chi connectivity index (χ2n) is 3.90. The molecule has 1 aromatic carbocycles. The van der Waals surface area contributed by atoms with Crippen molar-refractivity contribution >= 4 is 33.2 Å². The average Bonchev–Trinajstić information content (AvgIpc) is 2.67. The first-order valence-corrected chi connectivity index (χ1v) is 6.23. The Bertz CT molecular complexity index is 495. The average molecular weight is 294 g/mol. The van der Waals surface area contributed by atoms with Gasteiger partial charge in [-0.1, -0.05) is 15.9 Å². The SMILES string of the molecule is CNc1ccc(C#N)cc1N1CC(Br)CC1=O. The van der Waals surface area contributed by atoms with Gasteiger partial charge in [0.15, 0.2) is 0 Å². The van der Waals surface area contributed by atoms with Gasteiger partial charge in [0.25, 0.3) is 0 Å². The number of rotatable bonds is 2. The lowest BCUT2D eigenvalue weighted by Gasteiger charge is -2.19. The number of benzene rings is 1. The molecule has 1 saturated heterocycles. The third-order valence-corrected chi connectivity index (χ3v) is 3.38. The van der Waals surface area contributed by atoms with Crippen LogP contribution in [0.2, 0.25) is 0 Å². The molecule has 1 unspecified atom stereocenters. The third kappa shape index (κ3) is 2.27. The number of halogens is 1. The minimum absolute atomic E-state index is 0.0819. The number of hydrogen-bond donors (Lipinski definition) is 1. The summed E-state index contributed by atoms with van der Waals surface area (Å²) < 4.78 is 0. The lowest BCUT2D eigenvalue weighted by Crippen LogP contribution is -2.25. The van der Waals surface area contributed by atoms with Crippen molar-refractivity contribution in [1.82, 2.24) is 0 Å². The molecule has 1 atom stereocenters. The van der Waals surface area contributed by atoms with Gasteiger partial charge in [-0.3, -0.25) is 4.79 Å². The highest BCUT2D eigenvalue weighted by Gasteiger charge is 2.30. The van der Waals surface area contributed by atoms with Crippen LogP contribution in [0, 0.1) is 11.3 Å². The van der Waals surface area contributed by atoms with Crippen LogP contribution >= 0.6 is 15.9 Å². The molecule has 17 heavy (non-hydrogen) atoms. The molecule has 0 aliphatic carbocycles. The first kappa shape index (κ1) is 11.9. The number of nitrogens with one attached hydrogen (secondary N) is 1. The molecule has 1 amide bonds. The number of carbonyl (C=O) groups excluding carboxylic acids is 1. The zero-order valence-electron chi connectivity index (χ0n) is 9.40. The molecule has 4 nitrogen and oxygen atoms in total. The van der Waals surface area contributed by atoms with Crippen LogP contribution in [0.3, 0.4) is 0 Å². The summed E-state index contributed by atoms with van der Waals surface area (Å²) in [6.07, 6.45) is 0.500. The summed E-state index contributed by atoms with van der Waals surface area (Å²) in [5, 5.41) is 11.9. The molecule has 1 aromatic rings. The second-order valence-corrected chi connectivity index (χ2v) is 5.19. The molecule has 0 saturated carbocycles. The van der Waals surface area contributed by atoms with Crippen LogP contribution in [0.1, 0.15) is 12.0 Å². The van der Waals surface area contributed by atoms with Crippen LogP contribution in [0.15, 0.2) is 18.2 Å². The van der Waals surface area contributed by atoms with Gasteiger partial charge >= 0.3 is 0 Å². The normalized spacial score (nSPS) is 19.2. The van der Waals surface area contributed by atoms with Gasteiger partial charge in [0.2, 0.25) is 5.91 Å². The van der Waals surface area contributed by atoms with Crippen LogP contribution in [0.5, 0.6) is 0 Å². The summed E-state index contributed by atoms with van der Waals surface area (Å²) >= 11 is 3.45. The molecule has 2 rings (SSSR count). The van der Waals surface area contributed by atoms with Crippen LogP contribution in [-0.2, 0) is 4.79 Å². The number of anilines is 2. The van der Waals surface area contributed by atoms with Crippen LogP contribution in [-0.4, -0.2) is 24.3 Å². The van der Waals surface area contributed by atoms with E-state index in [1.54, 1.807) is 24.1 Å². The van der Waals surface area contributed by atoms with Gasteiger partial charge in [0.1, 0.15) is 0 Å². The highest BCUT2D eigenvalue weighted by molar-refractivity contribution is 9.09. The number of nitrogens with zero attached hydrogens (tertiary/aromatic N) is 2. The van der Waals surface area contributed by atoms with E-state index in [0.29, 0.717) is 18.5 Å². The van der Waals surface area contributed by atoms with Crippen LogP contribution < -0.4 is 10.2 Å². The maximum Gasteiger partial charge on any atom is 0.228 e. The fraction of sp³-hybridized carbons (Fsp3) is 0.333. The Morgan fingerprint density at radius 2 is 2.35 bits per heavy atom. The standard InChI is InChI=1S/C12H12BrN3O/c1-15-10-3-2-8(6-14)4-11(10)16-7-9(13)5-12(16)17/h2-4,9,15H,5,7H2,1H3. The lowest BCUT2D eigenvalue weighted by atomic mass is 10.1. The number of amides is 1. The Labute approximate surface area is 108 Å². The zero-order chi connectivity index (χ0) is 12.4. The Balaban J connectivity index is 2.43. The van der Waals surface area contributed by atoms with E-state index in [-0.39, 0.29) is 10.7 Å². The van der Waals surface area contributed by atoms with E-state index < -0.39 is 0 Å². The summed E-state index contributed by atoms with van der Waals surface area (Å²) in [6.45, 7) is 0.641. The van der Waals surface area contributed by atoms with Crippen molar-refractivity contribution in [2.75, 3.05) is 23.8 Å². The number of alkyl halides is 1.